The lowest BCUT2D eigenvalue weighted by Gasteiger charge is -2.02. The summed E-state index contributed by atoms with van der Waals surface area (Å²) in [4.78, 5) is 7.13. The summed E-state index contributed by atoms with van der Waals surface area (Å²) in [5.41, 5.74) is 1.49. The van der Waals surface area contributed by atoms with Crippen molar-refractivity contribution in [2.45, 2.75) is 0 Å². The molecule has 4 nitrogen and oxygen atoms in total. The molecule has 0 saturated carbocycles. The van der Waals surface area contributed by atoms with Crippen molar-refractivity contribution in [1.82, 2.24) is 9.97 Å². The number of halogens is 1. The van der Waals surface area contributed by atoms with E-state index >= 15 is 0 Å². The van der Waals surface area contributed by atoms with Gasteiger partial charge in [-0.15, -0.1) is 0 Å². The molecule has 0 bridgehead atoms. The summed E-state index contributed by atoms with van der Waals surface area (Å²) in [7, 11) is 0. The highest BCUT2D eigenvalue weighted by Crippen LogP contribution is 2.35. The first-order chi connectivity index (χ1) is 8.65. The minimum Gasteiger partial charge on any atom is -0.504 e. The van der Waals surface area contributed by atoms with Crippen molar-refractivity contribution in [2.24, 2.45) is 0 Å². The molecule has 0 aliphatic heterocycles. The third kappa shape index (κ3) is 1.57. The van der Waals surface area contributed by atoms with Gasteiger partial charge < -0.3 is 15.2 Å². The zero-order valence-electron chi connectivity index (χ0n) is 9.18. The van der Waals surface area contributed by atoms with Crippen molar-refractivity contribution in [3.8, 4) is 22.9 Å². The number of nitrogens with one attached hydrogen (secondary N) is 1. The predicted molar refractivity (Wildman–Crippen MR) is 64.8 cm³/mol. The Morgan fingerprint density at radius 3 is 2.78 bits per heavy atom. The van der Waals surface area contributed by atoms with Crippen LogP contribution in [0.4, 0.5) is 4.39 Å². The molecule has 3 N–H and O–H groups in total. The molecule has 1 heterocycles. The Balaban J connectivity index is 2.22. The predicted octanol–water partition coefficient (Wildman–Crippen LogP) is 2.78. The second-order valence-corrected chi connectivity index (χ2v) is 3.92. The van der Waals surface area contributed by atoms with Crippen LogP contribution in [0.5, 0.6) is 11.5 Å². The molecule has 0 atom stereocenters. The number of hydrogen-bond donors (Lipinski definition) is 3. The minimum atomic E-state index is -0.363. The highest BCUT2D eigenvalue weighted by atomic mass is 19.1. The topological polar surface area (TPSA) is 69.1 Å². The fraction of sp³-hybridized carbons (Fsp3) is 0. The van der Waals surface area contributed by atoms with E-state index in [1.807, 2.05) is 0 Å². The Morgan fingerprint density at radius 1 is 1.11 bits per heavy atom. The molecule has 1 aromatic heterocycles. The summed E-state index contributed by atoms with van der Waals surface area (Å²) in [5.74, 6) is -0.460. The average Bonchev–Trinajstić information content (AvgIpc) is 2.75. The van der Waals surface area contributed by atoms with Crippen LogP contribution in [-0.4, -0.2) is 20.2 Å². The molecule has 90 valence electrons. The summed E-state index contributed by atoms with van der Waals surface area (Å²) in [6.45, 7) is 0. The van der Waals surface area contributed by atoms with Gasteiger partial charge in [0.2, 0.25) is 0 Å². The molecule has 3 rings (SSSR count). The number of phenolic OH excluding ortho intramolecular Hbond substituents is 2. The van der Waals surface area contributed by atoms with Gasteiger partial charge in [0.25, 0.3) is 0 Å². The van der Waals surface area contributed by atoms with Gasteiger partial charge in [-0.3, -0.25) is 0 Å². The van der Waals surface area contributed by atoms with Gasteiger partial charge in [-0.05, 0) is 30.3 Å². The van der Waals surface area contributed by atoms with Crippen LogP contribution < -0.4 is 0 Å². The van der Waals surface area contributed by atoms with Crippen LogP contribution >= 0.6 is 0 Å². The molecule has 0 aliphatic rings. The van der Waals surface area contributed by atoms with Crippen LogP contribution in [0.2, 0.25) is 0 Å². The van der Waals surface area contributed by atoms with Gasteiger partial charge in [-0.2, -0.15) is 0 Å². The number of aromatic amines is 1. The van der Waals surface area contributed by atoms with Crippen LogP contribution in [-0.2, 0) is 0 Å². The van der Waals surface area contributed by atoms with E-state index in [1.165, 1.54) is 18.2 Å². The summed E-state index contributed by atoms with van der Waals surface area (Å²) in [5, 5.41) is 19.2. The zero-order valence-corrected chi connectivity index (χ0v) is 9.18. The fourth-order valence-electron chi connectivity index (χ4n) is 1.83. The number of hydrogen-bond acceptors (Lipinski definition) is 3. The fourth-order valence-corrected chi connectivity index (χ4v) is 1.83. The number of benzene rings is 2. The van der Waals surface area contributed by atoms with Crippen LogP contribution in [0, 0.1) is 5.82 Å². The van der Waals surface area contributed by atoms with E-state index in [0.29, 0.717) is 22.4 Å². The molecule has 0 amide bonds. The van der Waals surface area contributed by atoms with Gasteiger partial charge in [-0.25, -0.2) is 9.37 Å². The molecule has 5 heteroatoms. The number of aromatic hydroxyl groups is 2. The summed E-state index contributed by atoms with van der Waals surface area (Å²) in [6, 6.07) is 8.77. The molecular formula is C13H9FN2O2. The van der Waals surface area contributed by atoms with Crippen molar-refractivity contribution in [3.63, 3.8) is 0 Å². The lowest BCUT2D eigenvalue weighted by Crippen LogP contribution is -1.81. The number of fused-ring (bicyclic) bond motifs is 1. The second kappa shape index (κ2) is 3.73. The molecule has 18 heavy (non-hydrogen) atoms. The first-order valence-electron chi connectivity index (χ1n) is 5.32. The maximum absolute atomic E-state index is 13.1. The maximum atomic E-state index is 13.1. The van der Waals surface area contributed by atoms with Crippen LogP contribution in [0.15, 0.2) is 36.4 Å². The molecule has 2 aromatic carbocycles. The Labute approximate surface area is 101 Å². The largest absolute Gasteiger partial charge is 0.504 e. The number of nitrogens with zero attached hydrogens (tertiary/aromatic N) is 1. The quantitative estimate of drug-likeness (QED) is 0.576. The number of para-hydroxylation sites is 1. The van der Waals surface area contributed by atoms with Crippen molar-refractivity contribution in [2.75, 3.05) is 0 Å². The van der Waals surface area contributed by atoms with Gasteiger partial charge in [0.15, 0.2) is 11.5 Å². The maximum Gasteiger partial charge on any atom is 0.168 e. The van der Waals surface area contributed by atoms with E-state index in [0.717, 1.165) is 0 Å². The Kier molecular flexibility index (Phi) is 2.19. The molecule has 0 fully saturated rings. The third-order valence-electron chi connectivity index (χ3n) is 2.71. The Morgan fingerprint density at radius 2 is 1.94 bits per heavy atom. The highest BCUT2D eigenvalue weighted by Gasteiger charge is 2.12. The van der Waals surface area contributed by atoms with Gasteiger partial charge in [0.05, 0.1) is 16.6 Å². The smallest absolute Gasteiger partial charge is 0.168 e. The zero-order chi connectivity index (χ0) is 12.7. The average molecular weight is 244 g/mol. The van der Waals surface area contributed by atoms with E-state index in [2.05, 4.69) is 9.97 Å². The van der Waals surface area contributed by atoms with Crippen molar-refractivity contribution in [1.29, 1.82) is 0 Å². The van der Waals surface area contributed by atoms with E-state index < -0.39 is 0 Å². The van der Waals surface area contributed by atoms with Gasteiger partial charge in [0.1, 0.15) is 11.6 Å². The summed E-state index contributed by atoms with van der Waals surface area (Å²) in [6.07, 6.45) is 0. The molecule has 3 aromatic rings. The molecule has 0 spiro atoms. The molecule has 0 saturated heterocycles. The molecular weight excluding hydrogens is 235 g/mol. The first kappa shape index (κ1) is 10.6. The second-order valence-electron chi connectivity index (χ2n) is 3.92. The normalized spacial score (nSPS) is 10.9. The standard InChI is InChI=1S/C13H9FN2O2/c14-7-4-5-9-10(6-7)16-13(15-9)8-2-1-3-11(17)12(8)18/h1-6,17-18H,(H,15,16). The van der Waals surface area contributed by atoms with E-state index in [-0.39, 0.29) is 17.3 Å². The monoisotopic (exact) mass is 244 g/mol. The van der Waals surface area contributed by atoms with Crippen molar-refractivity contribution < 1.29 is 14.6 Å². The van der Waals surface area contributed by atoms with Crippen LogP contribution in [0.25, 0.3) is 22.4 Å². The highest BCUT2D eigenvalue weighted by molar-refractivity contribution is 5.81. The van der Waals surface area contributed by atoms with Gasteiger partial charge in [0, 0.05) is 0 Å². The van der Waals surface area contributed by atoms with Crippen molar-refractivity contribution in [3.05, 3.63) is 42.2 Å². The summed E-state index contributed by atoms with van der Waals surface area (Å²) < 4.78 is 13.1. The Bertz CT molecular complexity index is 737. The molecule has 0 unspecified atom stereocenters. The molecule has 0 aliphatic carbocycles. The Hall–Kier alpha value is -2.56. The third-order valence-corrected chi connectivity index (χ3v) is 2.71. The van der Waals surface area contributed by atoms with Gasteiger partial charge >= 0.3 is 0 Å². The number of imidazole rings is 1. The lowest BCUT2D eigenvalue weighted by molar-refractivity contribution is 0.405. The lowest BCUT2D eigenvalue weighted by atomic mass is 10.2. The molecule has 0 radical (unpaired) electrons. The number of aromatic nitrogens is 2. The van der Waals surface area contributed by atoms with E-state index in [1.54, 1.807) is 18.2 Å². The van der Waals surface area contributed by atoms with Crippen LogP contribution in [0.3, 0.4) is 0 Å². The first-order valence-corrected chi connectivity index (χ1v) is 5.32. The van der Waals surface area contributed by atoms with Crippen LogP contribution in [0.1, 0.15) is 0 Å². The van der Waals surface area contributed by atoms with E-state index in [4.69, 9.17) is 0 Å². The minimum absolute atomic E-state index is 0.223. The SMILES string of the molecule is Oc1cccc(-c2nc3ccc(F)cc3[nH]2)c1O. The van der Waals surface area contributed by atoms with Gasteiger partial charge in [-0.1, -0.05) is 6.07 Å². The van der Waals surface area contributed by atoms with Crippen molar-refractivity contribution >= 4 is 11.0 Å². The number of H-pyrrole nitrogens is 1. The van der Waals surface area contributed by atoms with E-state index in [9.17, 15) is 14.6 Å². The number of rotatable bonds is 1. The number of phenols is 2. The summed E-state index contributed by atoms with van der Waals surface area (Å²) >= 11 is 0.